The van der Waals surface area contributed by atoms with Crippen LogP contribution in [0.4, 0.5) is 0 Å². The first-order chi connectivity index (χ1) is 9.27. The maximum Gasteiger partial charge on any atom is 0.338 e. The molecule has 0 atom stereocenters. The fourth-order valence-electron chi connectivity index (χ4n) is 1.86. The van der Waals surface area contributed by atoms with E-state index in [2.05, 4.69) is 6.92 Å². The Bertz CT molecular complexity index is 399. The quantitative estimate of drug-likeness (QED) is 0.388. The Balaban J connectivity index is 2.40. The zero-order chi connectivity index (χ0) is 13.9. The lowest BCUT2D eigenvalue weighted by Crippen LogP contribution is -2.07. The van der Waals surface area contributed by atoms with Crippen molar-refractivity contribution in [1.82, 2.24) is 0 Å². The van der Waals surface area contributed by atoms with E-state index in [-0.39, 0.29) is 5.97 Å². The molecule has 0 bridgehead atoms. The second-order valence-electron chi connectivity index (χ2n) is 4.60. The van der Waals surface area contributed by atoms with Gasteiger partial charge in [0.1, 0.15) is 6.29 Å². The smallest absolute Gasteiger partial charge is 0.338 e. The second kappa shape index (κ2) is 9.31. The number of benzene rings is 1. The Morgan fingerprint density at radius 1 is 1.26 bits per heavy atom. The molecule has 3 heteroatoms. The van der Waals surface area contributed by atoms with Gasteiger partial charge in [-0.3, -0.25) is 0 Å². The average Bonchev–Trinajstić information content (AvgIpc) is 2.45. The summed E-state index contributed by atoms with van der Waals surface area (Å²) >= 11 is 0. The van der Waals surface area contributed by atoms with Gasteiger partial charge >= 0.3 is 5.97 Å². The molecule has 19 heavy (non-hydrogen) atoms. The van der Waals surface area contributed by atoms with Crippen LogP contribution in [0.5, 0.6) is 0 Å². The Labute approximate surface area is 115 Å². The molecule has 0 amide bonds. The molecule has 0 aromatic heterocycles. The first-order valence-corrected chi connectivity index (χ1v) is 6.97. The van der Waals surface area contributed by atoms with E-state index in [0.717, 1.165) is 24.7 Å². The Kier molecular flexibility index (Phi) is 7.56. The molecule has 0 spiro atoms. The van der Waals surface area contributed by atoms with Gasteiger partial charge in [0, 0.05) is 6.42 Å². The van der Waals surface area contributed by atoms with Gasteiger partial charge in [0.2, 0.25) is 0 Å². The van der Waals surface area contributed by atoms with E-state index in [0.29, 0.717) is 25.0 Å². The molecule has 0 saturated heterocycles. The summed E-state index contributed by atoms with van der Waals surface area (Å²) in [7, 11) is 0. The molecular formula is C16H22O3. The third-order valence-electron chi connectivity index (χ3n) is 2.94. The minimum absolute atomic E-state index is 0.274. The molecule has 0 aliphatic heterocycles. The molecule has 0 aliphatic rings. The van der Waals surface area contributed by atoms with E-state index < -0.39 is 0 Å². The van der Waals surface area contributed by atoms with Crippen LogP contribution in [0.2, 0.25) is 0 Å². The van der Waals surface area contributed by atoms with Gasteiger partial charge in [-0.1, -0.05) is 38.3 Å². The minimum Gasteiger partial charge on any atom is -0.462 e. The zero-order valence-corrected chi connectivity index (χ0v) is 11.6. The van der Waals surface area contributed by atoms with E-state index in [4.69, 9.17) is 4.74 Å². The van der Waals surface area contributed by atoms with E-state index in [1.807, 2.05) is 12.1 Å². The van der Waals surface area contributed by atoms with Gasteiger partial charge in [-0.05, 0) is 30.5 Å². The lowest BCUT2D eigenvalue weighted by atomic mass is 10.1. The Morgan fingerprint density at radius 2 is 2.11 bits per heavy atom. The van der Waals surface area contributed by atoms with Crippen LogP contribution in [0.15, 0.2) is 24.3 Å². The summed E-state index contributed by atoms with van der Waals surface area (Å²) in [6.45, 7) is 2.63. The summed E-state index contributed by atoms with van der Waals surface area (Å²) in [5.41, 5.74) is 1.56. The normalized spacial score (nSPS) is 10.2. The van der Waals surface area contributed by atoms with Crippen molar-refractivity contribution in [2.45, 2.75) is 45.4 Å². The molecule has 0 N–H and O–H groups in total. The number of aldehydes is 1. The van der Waals surface area contributed by atoms with Crippen LogP contribution in [-0.4, -0.2) is 18.9 Å². The number of hydrogen-bond acceptors (Lipinski definition) is 3. The summed E-state index contributed by atoms with van der Waals surface area (Å²) in [6, 6.07) is 7.30. The van der Waals surface area contributed by atoms with Crippen molar-refractivity contribution in [3.8, 4) is 0 Å². The van der Waals surface area contributed by atoms with Crippen molar-refractivity contribution in [2.24, 2.45) is 0 Å². The fraction of sp³-hybridized carbons (Fsp3) is 0.500. The minimum atomic E-state index is -0.274. The highest BCUT2D eigenvalue weighted by Crippen LogP contribution is 2.09. The van der Waals surface area contributed by atoms with Crippen molar-refractivity contribution in [2.75, 3.05) is 6.61 Å². The van der Waals surface area contributed by atoms with Gasteiger partial charge < -0.3 is 9.53 Å². The molecule has 0 fully saturated rings. The summed E-state index contributed by atoms with van der Waals surface area (Å²) in [5, 5.41) is 0. The van der Waals surface area contributed by atoms with Crippen LogP contribution in [0.3, 0.4) is 0 Å². The predicted molar refractivity (Wildman–Crippen MR) is 75.3 cm³/mol. The zero-order valence-electron chi connectivity index (χ0n) is 11.6. The summed E-state index contributed by atoms with van der Waals surface area (Å²) in [6.07, 6.45) is 6.41. The Hall–Kier alpha value is -1.64. The van der Waals surface area contributed by atoms with Crippen molar-refractivity contribution < 1.29 is 14.3 Å². The number of carbonyl (C=O) groups excluding carboxylic acids is 2. The number of esters is 1. The molecule has 0 saturated carbocycles. The second-order valence-corrected chi connectivity index (χ2v) is 4.60. The number of ether oxygens (including phenoxy) is 1. The molecule has 1 rings (SSSR count). The lowest BCUT2D eigenvalue weighted by molar-refractivity contribution is -0.107. The third kappa shape index (κ3) is 6.18. The molecule has 0 aliphatic carbocycles. The number of carbonyl (C=O) groups is 2. The van der Waals surface area contributed by atoms with E-state index >= 15 is 0 Å². The largest absolute Gasteiger partial charge is 0.462 e. The molecule has 1 aromatic carbocycles. The predicted octanol–water partition coefficient (Wildman–Crippen LogP) is 3.56. The van der Waals surface area contributed by atoms with Gasteiger partial charge in [-0.2, -0.15) is 0 Å². The van der Waals surface area contributed by atoms with Gasteiger partial charge in [0.15, 0.2) is 0 Å². The maximum atomic E-state index is 11.8. The number of aryl methyl sites for hydroxylation is 1. The maximum absolute atomic E-state index is 11.8. The summed E-state index contributed by atoms with van der Waals surface area (Å²) < 4.78 is 5.23. The van der Waals surface area contributed by atoms with Crippen molar-refractivity contribution in [1.29, 1.82) is 0 Å². The van der Waals surface area contributed by atoms with E-state index in [1.165, 1.54) is 12.8 Å². The van der Waals surface area contributed by atoms with Crippen LogP contribution >= 0.6 is 0 Å². The summed E-state index contributed by atoms with van der Waals surface area (Å²) in [4.78, 5) is 22.1. The monoisotopic (exact) mass is 262 g/mol. The number of hydrogen-bond donors (Lipinski definition) is 0. The van der Waals surface area contributed by atoms with Crippen LogP contribution < -0.4 is 0 Å². The van der Waals surface area contributed by atoms with Crippen LogP contribution in [-0.2, 0) is 16.0 Å². The van der Waals surface area contributed by atoms with Crippen molar-refractivity contribution in [3.63, 3.8) is 0 Å². The van der Waals surface area contributed by atoms with Gasteiger partial charge in [0.05, 0.1) is 12.2 Å². The Morgan fingerprint density at radius 3 is 2.84 bits per heavy atom. The highest BCUT2D eigenvalue weighted by Gasteiger charge is 2.07. The van der Waals surface area contributed by atoms with Gasteiger partial charge in [-0.25, -0.2) is 4.79 Å². The van der Waals surface area contributed by atoms with E-state index in [9.17, 15) is 9.59 Å². The van der Waals surface area contributed by atoms with Crippen LogP contribution in [0.1, 0.15) is 54.9 Å². The molecule has 0 unspecified atom stereocenters. The molecular weight excluding hydrogens is 240 g/mol. The highest BCUT2D eigenvalue weighted by atomic mass is 16.5. The standard InChI is InChI=1S/C16H22O3/c1-2-3-4-5-12-19-16(18)15-10-6-8-14(13-15)9-7-11-17/h6,8,10-11,13H,2-5,7,9,12H2,1H3. The SMILES string of the molecule is CCCCCCOC(=O)c1cccc(CCC=O)c1. The average molecular weight is 262 g/mol. The first kappa shape index (κ1) is 15.4. The van der Waals surface area contributed by atoms with Gasteiger partial charge in [0.25, 0.3) is 0 Å². The number of rotatable bonds is 9. The van der Waals surface area contributed by atoms with Gasteiger partial charge in [-0.15, -0.1) is 0 Å². The molecule has 104 valence electrons. The first-order valence-electron chi connectivity index (χ1n) is 6.97. The highest BCUT2D eigenvalue weighted by molar-refractivity contribution is 5.89. The molecule has 1 aromatic rings. The molecule has 3 nitrogen and oxygen atoms in total. The third-order valence-corrected chi connectivity index (χ3v) is 2.94. The van der Waals surface area contributed by atoms with Crippen molar-refractivity contribution in [3.05, 3.63) is 35.4 Å². The van der Waals surface area contributed by atoms with E-state index in [1.54, 1.807) is 12.1 Å². The number of unbranched alkanes of at least 4 members (excludes halogenated alkanes) is 3. The molecule has 0 radical (unpaired) electrons. The molecule has 0 heterocycles. The lowest BCUT2D eigenvalue weighted by Gasteiger charge is -2.06. The fourth-order valence-corrected chi connectivity index (χ4v) is 1.86. The van der Waals surface area contributed by atoms with Crippen LogP contribution in [0, 0.1) is 0 Å². The topological polar surface area (TPSA) is 43.4 Å². The summed E-state index contributed by atoms with van der Waals surface area (Å²) in [5.74, 6) is -0.274. The van der Waals surface area contributed by atoms with Crippen LogP contribution in [0.25, 0.3) is 0 Å². The van der Waals surface area contributed by atoms with Crippen molar-refractivity contribution >= 4 is 12.3 Å².